The van der Waals surface area contributed by atoms with E-state index in [1.54, 1.807) is 19.2 Å². The van der Waals surface area contributed by atoms with Gasteiger partial charge in [-0.2, -0.15) is 0 Å². The first-order chi connectivity index (χ1) is 7.72. The van der Waals surface area contributed by atoms with Crippen molar-refractivity contribution in [2.24, 2.45) is 5.73 Å². The molecule has 0 aliphatic carbocycles. The van der Waals surface area contributed by atoms with Gasteiger partial charge in [-0.15, -0.1) is 0 Å². The molecule has 4 heteroatoms. The second-order valence-corrected chi connectivity index (χ2v) is 3.35. The minimum absolute atomic E-state index is 0.0887. The smallest absolute Gasteiger partial charge is 0.188 e. The van der Waals surface area contributed by atoms with E-state index in [-0.39, 0.29) is 12.6 Å². The van der Waals surface area contributed by atoms with Gasteiger partial charge in [-0.1, -0.05) is 19.1 Å². The van der Waals surface area contributed by atoms with Crippen LogP contribution in [-0.2, 0) is 11.3 Å². The first-order valence-electron chi connectivity index (χ1n) is 5.20. The van der Waals surface area contributed by atoms with Gasteiger partial charge in [-0.05, 0) is 6.07 Å². The predicted octanol–water partition coefficient (Wildman–Crippen LogP) is 1.72. The van der Waals surface area contributed by atoms with Crippen molar-refractivity contribution in [2.75, 3.05) is 13.9 Å². The summed E-state index contributed by atoms with van der Waals surface area (Å²) >= 11 is 0. The van der Waals surface area contributed by atoms with Gasteiger partial charge in [-0.25, -0.2) is 0 Å². The summed E-state index contributed by atoms with van der Waals surface area (Å²) in [5, 5.41) is 0. The summed E-state index contributed by atoms with van der Waals surface area (Å²) in [6.45, 7) is 2.35. The lowest BCUT2D eigenvalue weighted by molar-refractivity contribution is 0.0503. The lowest BCUT2D eigenvalue weighted by Gasteiger charge is -2.10. The number of nitrogens with two attached hydrogens (primary N) is 1. The largest absolute Gasteiger partial charge is 0.467 e. The quantitative estimate of drug-likeness (QED) is 0.589. The highest BCUT2D eigenvalue weighted by Crippen LogP contribution is 2.21. The summed E-state index contributed by atoms with van der Waals surface area (Å²) < 4.78 is 10.2. The molecule has 0 bridgehead atoms. The highest BCUT2D eigenvalue weighted by molar-refractivity contribution is 5.96. The summed E-state index contributed by atoms with van der Waals surface area (Å²) in [5.74, 6) is 0.703. The Labute approximate surface area is 95.3 Å². The summed E-state index contributed by atoms with van der Waals surface area (Å²) in [6, 6.07) is 5.30. The molecule has 0 aliphatic rings. The van der Waals surface area contributed by atoms with Crippen molar-refractivity contribution in [2.45, 2.75) is 19.9 Å². The maximum atomic E-state index is 11.5. The van der Waals surface area contributed by atoms with Gasteiger partial charge < -0.3 is 15.2 Å². The SMILES string of the molecule is CCC(=O)c1ccc(CN)c(OCOC)c1. The molecule has 0 saturated heterocycles. The van der Waals surface area contributed by atoms with Crippen molar-refractivity contribution >= 4 is 5.78 Å². The van der Waals surface area contributed by atoms with Crippen molar-refractivity contribution in [1.82, 2.24) is 0 Å². The predicted molar refractivity (Wildman–Crippen MR) is 61.5 cm³/mol. The van der Waals surface area contributed by atoms with Crippen LogP contribution in [0.2, 0.25) is 0 Å². The Kier molecular flexibility index (Phi) is 4.95. The third kappa shape index (κ3) is 3.05. The number of hydrogen-bond donors (Lipinski definition) is 1. The Morgan fingerprint density at radius 2 is 2.19 bits per heavy atom. The molecule has 16 heavy (non-hydrogen) atoms. The van der Waals surface area contributed by atoms with Crippen LogP contribution in [0.5, 0.6) is 5.75 Å². The zero-order valence-electron chi connectivity index (χ0n) is 9.66. The van der Waals surface area contributed by atoms with E-state index in [4.69, 9.17) is 15.2 Å². The van der Waals surface area contributed by atoms with Crippen molar-refractivity contribution in [3.63, 3.8) is 0 Å². The molecule has 88 valence electrons. The number of carbonyl (C=O) groups excluding carboxylic acids is 1. The van der Waals surface area contributed by atoms with E-state index in [0.29, 0.717) is 24.3 Å². The summed E-state index contributed by atoms with van der Waals surface area (Å²) in [7, 11) is 1.54. The van der Waals surface area contributed by atoms with Crippen LogP contribution in [0.4, 0.5) is 0 Å². The normalized spacial score (nSPS) is 10.2. The molecule has 1 rings (SSSR count). The Bertz CT molecular complexity index is 363. The zero-order valence-corrected chi connectivity index (χ0v) is 9.66. The molecule has 2 N–H and O–H groups in total. The molecule has 0 aromatic heterocycles. The Morgan fingerprint density at radius 3 is 2.75 bits per heavy atom. The van der Waals surface area contributed by atoms with Gasteiger partial charge in [0.2, 0.25) is 0 Å². The second kappa shape index (κ2) is 6.25. The third-order valence-electron chi connectivity index (χ3n) is 2.26. The van der Waals surface area contributed by atoms with E-state index in [2.05, 4.69) is 0 Å². The number of methoxy groups -OCH3 is 1. The first-order valence-corrected chi connectivity index (χ1v) is 5.20. The third-order valence-corrected chi connectivity index (χ3v) is 2.26. The molecule has 0 atom stereocenters. The van der Waals surface area contributed by atoms with E-state index in [1.165, 1.54) is 0 Å². The molecular weight excluding hydrogens is 206 g/mol. The minimum atomic E-state index is 0.0887. The Balaban J connectivity index is 2.96. The summed E-state index contributed by atoms with van der Waals surface area (Å²) in [6.07, 6.45) is 0.478. The number of rotatable bonds is 6. The monoisotopic (exact) mass is 223 g/mol. The minimum Gasteiger partial charge on any atom is -0.467 e. The van der Waals surface area contributed by atoms with Gasteiger partial charge in [0.1, 0.15) is 5.75 Å². The first kappa shape index (κ1) is 12.7. The van der Waals surface area contributed by atoms with Crippen molar-refractivity contribution in [3.05, 3.63) is 29.3 Å². The van der Waals surface area contributed by atoms with Crippen molar-refractivity contribution < 1.29 is 14.3 Å². The van der Waals surface area contributed by atoms with Crippen LogP contribution < -0.4 is 10.5 Å². The topological polar surface area (TPSA) is 61.6 Å². The Hall–Kier alpha value is -1.39. The van der Waals surface area contributed by atoms with Gasteiger partial charge in [0.05, 0.1) is 0 Å². The molecule has 0 heterocycles. The van der Waals surface area contributed by atoms with E-state index in [9.17, 15) is 4.79 Å². The van der Waals surface area contributed by atoms with Crippen LogP contribution >= 0.6 is 0 Å². The molecule has 1 aromatic carbocycles. The molecule has 0 radical (unpaired) electrons. The molecule has 4 nitrogen and oxygen atoms in total. The molecule has 0 spiro atoms. The molecule has 0 unspecified atom stereocenters. The van der Waals surface area contributed by atoms with Gasteiger partial charge >= 0.3 is 0 Å². The Morgan fingerprint density at radius 1 is 1.44 bits per heavy atom. The molecule has 0 amide bonds. The van der Waals surface area contributed by atoms with Gasteiger partial charge in [0.25, 0.3) is 0 Å². The fraction of sp³-hybridized carbons (Fsp3) is 0.417. The van der Waals surface area contributed by atoms with Crippen LogP contribution in [-0.4, -0.2) is 19.7 Å². The van der Waals surface area contributed by atoms with Gasteiger partial charge in [-0.3, -0.25) is 4.79 Å². The van der Waals surface area contributed by atoms with E-state index >= 15 is 0 Å². The lowest BCUT2D eigenvalue weighted by atomic mass is 10.1. The van der Waals surface area contributed by atoms with Crippen LogP contribution in [0, 0.1) is 0 Å². The van der Waals surface area contributed by atoms with Gasteiger partial charge in [0, 0.05) is 31.2 Å². The van der Waals surface area contributed by atoms with Crippen molar-refractivity contribution in [3.8, 4) is 5.75 Å². The molecule has 0 saturated carbocycles. The summed E-state index contributed by atoms with van der Waals surface area (Å²) in [5.41, 5.74) is 7.09. The highest BCUT2D eigenvalue weighted by Gasteiger charge is 2.08. The van der Waals surface area contributed by atoms with E-state index in [1.807, 2.05) is 13.0 Å². The lowest BCUT2D eigenvalue weighted by Crippen LogP contribution is -2.06. The van der Waals surface area contributed by atoms with Crippen LogP contribution in [0.25, 0.3) is 0 Å². The average molecular weight is 223 g/mol. The van der Waals surface area contributed by atoms with Crippen molar-refractivity contribution in [1.29, 1.82) is 0 Å². The van der Waals surface area contributed by atoms with E-state index < -0.39 is 0 Å². The number of benzene rings is 1. The van der Waals surface area contributed by atoms with Crippen LogP contribution in [0.1, 0.15) is 29.3 Å². The number of hydrogen-bond acceptors (Lipinski definition) is 4. The number of carbonyl (C=O) groups is 1. The van der Waals surface area contributed by atoms with Gasteiger partial charge in [0.15, 0.2) is 12.6 Å². The zero-order chi connectivity index (χ0) is 12.0. The van der Waals surface area contributed by atoms with Crippen LogP contribution in [0.3, 0.4) is 0 Å². The highest BCUT2D eigenvalue weighted by atomic mass is 16.7. The van der Waals surface area contributed by atoms with E-state index in [0.717, 1.165) is 5.56 Å². The summed E-state index contributed by atoms with van der Waals surface area (Å²) in [4.78, 5) is 11.5. The second-order valence-electron chi connectivity index (χ2n) is 3.35. The average Bonchev–Trinajstić information content (AvgIpc) is 2.34. The maximum absolute atomic E-state index is 11.5. The number of ketones is 1. The number of ether oxygens (including phenoxy) is 2. The number of Topliss-reactive ketones (excluding diaryl/α,β-unsaturated/α-hetero) is 1. The molecule has 1 aromatic rings. The molecular formula is C12H17NO3. The molecule has 0 fully saturated rings. The van der Waals surface area contributed by atoms with Crippen LogP contribution in [0.15, 0.2) is 18.2 Å². The standard InChI is InChI=1S/C12H17NO3/c1-3-11(14)9-4-5-10(7-13)12(6-9)16-8-15-2/h4-6H,3,7-8,13H2,1-2H3. The maximum Gasteiger partial charge on any atom is 0.188 e. The fourth-order valence-electron chi connectivity index (χ4n) is 1.36. The molecule has 0 aliphatic heterocycles. The fourth-order valence-corrected chi connectivity index (χ4v) is 1.36.